The Balaban J connectivity index is 1.80. The van der Waals surface area contributed by atoms with Crippen LogP contribution in [0.2, 0.25) is 0 Å². The van der Waals surface area contributed by atoms with Gasteiger partial charge in [-0.2, -0.15) is 0 Å². The van der Waals surface area contributed by atoms with Crippen molar-refractivity contribution in [3.8, 4) is 0 Å². The lowest BCUT2D eigenvalue weighted by atomic mass is 10.2. The number of amides is 1. The van der Waals surface area contributed by atoms with Gasteiger partial charge < -0.3 is 10.2 Å². The third-order valence-electron chi connectivity index (χ3n) is 4.45. The molecule has 0 radical (unpaired) electrons. The van der Waals surface area contributed by atoms with Crippen molar-refractivity contribution < 1.29 is 13.6 Å². The summed E-state index contributed by atoms with van der Waals surface area (Å²) < 4.78 is 27.0. The summed E-state index contributed by atoms with van der Waals surface area (Å²) in [6.45, 7) is 9.86. The first kappa shape index (κ1) is 18.5. The van der Waals surface area contributed by atoms with E-state index in [1.807, 2.05) is 0 Å². The predicted octanol–water partition coefficient (Wildman–Crippen LogP) is 2.12. The maximum Gasteiger partial charge on any atom is 0.244 e. The molecule has 1 unspecified atom stereocenters. The smallest absolute Gasteiger partial charge is 0.244 e. The first-order chi connectivity index (χ1) is 11.5. The van der Waals surface area contributed by atoms with Gasteiger partial charge in [0, 0.05) is 50.4 Å². The molecule has 0 aliphatic carbocycles. The quantitative estimate of drug-likeness (QED) is 0.808. The molecular weight excluding hydrogens is 312 g/mol. The van der Waals surface area contributed by atoms with Crippen LogP contribution in [0, 0.1) is 11.6 Å². The number of carbonyl (C=O) groups excluding carboxylic acids is 1. The van der Waals surface area contributed by atoms with Crippen LogP contribution in [0.3, 0.4) is 0 Å². The van der Waals surface area contributed by atoms with Gasteiger partial charge in [0.25, 0.3) is 0 Å². The Labute approximate surface area is 142 Å². The first-order valence-electron chi connectivity index (χ1n) is 8.37. The molecule has 1 aliphatic heterocycles. The van der Waals surface area contributed by atoms with Crippen LogP contribution in [0.5, 0.6) is 0 Å². The van der Waals surface area contributed by atoms with E-state index in [0.717, 1.165) is 32.7 Å². The van der Waals surface area contributed by atoms with Gasteiger partial charge in [-0.1, -0.05) is 13.0 Å². The topological polar surface area (TPSA) is 35.6 Å². The van der Waals surface area contributed by atoms with E-state index in [1.165, 1.54) is 30.4 Å². The van der Waals surface area contributed by atoms with Crippen molar-refractivity contribution in [2.75, 3.05) is 39.3 Å². The molecule has 1 aromatic carbocycles. The van der Waals surface area contributed by atoms with Crippen LogP contribution in [0.25, 0.3) is 6.08 Å². The molecule has 0 bridgehead atoms. The summed E-state index contributed by atoms with van der Waals surface area (Å²) in [6.07, 6.45) is 2.34. The van der Waals surface area contributed by atoms with E-state index in [4.69, 9.17) is 0 Å². The van der Waals surface area contributed by atoms with Gasteiger partial charge in [-0.3, -0.25) is 9.69 Å². The molecule has 0 spiro atoms. The third kappa shape index (κ3) is 5.11. The molecule has 1 aliphatic rings. The molecule has 6 heteroatoms. The van der Waals surface area contributed by atoms with Crippen molar-refractivity contribution >= 4 is 12.0 Å². The first-order valence-corrected chi connectivity index (χ1v) is 8.37. The molecule has 0 saturated carbocycles. The van der Waals surface area contributed by atoms with Crippen molar-refractivity contribution in [1.29, 1.82) is 0 Å². The second kappa shape index (κ2) is 8.89. The van der Waals surface area contributed by atoms with Crippen molar-refractivity contribution in [3.05, 3.63) is 41.5 Å². The zero-order valence-electron chi connectivity index (χ0n) is 14.3. The molecule has 1 amide bonds. The van der Waals surface area contributed by atoms with Crippen molar-refractivity contribution in [2.45, 2.75) is 19.9 Å². The lowest BCUT2D eigenvalue weighted by Crippen LogP contribution is -2.52. The van der Waals surface area contributed by atoms with E-state index in [0.29, 0.717) is 6.54 Å². The molecule has 132 valence electrons. The molecular formula is C18H25F2N3O. The molecule has 4 nitrogen and oxygen atoms in total. The Morgan fingerprint density at radius 2 is 1.88 bits per heavy atom. The minimum atomic E-state index is -0.679. The lowest BCUT2D eigenvalue weighted by Gasteiger charge is -2.37. The maximum atomic E-state index is 13.5. The van der Waals surface area contributed by atoms with E-state index in [2.05, 4.69) is 29.0 Å². The number of benzene rings is 1. The highest BCUT2D eigenvalue weighted by Crippen LogP contribution is 2.13. The highest BCUT2D eigenvalue weighted by atomic mass is 19.1. The molecule has 1 saturated heterocycles. The van der Waals surface area contributed by atoms with Gasteiger partial charge in [0.05, 0.1) is 0 Å². The monoisotopic (exact) mass is 337 g/mol. The van der Waals surface area contributed by atoms with Gasteiger partial charge in [0.1, 0.15) is 11.6 Å². The summed E-state index contributed by atoms with van der Waals surface area (Å²) in [7, 11) is 0. The number of nitrogens with zero attached hydrogens (tertiary/aromatic N) is 2. The molecule has 1 aromatic rings. The van der Waals surface area contributed by atoms with Crippen LogP contribution in [-0.2, 0) is 4.79 Å². The number of hydrogen-bond donors (Lipinski definition) is 1. The van der Waals surface area contributed by atoms with Gasteiger partial charge in [-0.25, -0.2) is 8.78 Å². The average molecular weight is 337 g/mol. The van der Waals surface area contributed by atoms with Crippen molar-refractivity contribution in [3.63, 3.8) is 0 Å². The number of carbonyl (C=O) groups is 1. The maximum absolute atomic E-state index is 13.5. The third-order valence-corrected chi connectivity index (χ3v) is 4.45. The molecule has 24 heavy (non-hydrogen) atoms. The van der Waals surface area contributed by atoms with Crippen LogP contribution in [0.1, 0.15) is 19.4 Å². The van der Waals surface area contributed by atoms with Crippen LogP contribution in [0.15, 0.2) is 24.3 Å². The normalized spacial score (nSPS) is 18.0. The summed E-state index contributed by atoms with van der Waals surface area (Å²) in [5.41, 5.74) is -0.198. The van der Waals surface area contributed by atoms with E-state index < -0.39 is 11.6 Å². The van der Waals surface area contributed by atoms with Crippen LogP contribution in [0.4, 0.5) is 8.78 Å². The van der Waals surface area contributed by atoms with Gasteiger partial charge in [0.2, 0.25) is 5.91 Å². The second-order valence-electron chi connectivity index (χ2n) is 6.03. The highest BCUT2D eigenvalue weighted by Gasteiger charge is 2.20. The lowest BCUT2D eigenvalue weighted by molar-refractivity contribution is -0.116. The summed E-state index contributed by atoms with van der Waals surface area (Å²) in [6, 6.07) is 3.85. The average Bonchev–Trinajstić information content (AvgIpc) is 2.59. The molecule has 1 N–H and O–H groups in total. The SMILES string of the molecule is CCN1CCN(C(C)CNC(=O)C=Cc2c(F)cccc2F)CC1. The predicted molar refractivity (Wildman–Crippen MR) is 91.6 cm³/mol. The van der Waals surface area contributed by atoms with E-state index in [9.17, 15) is 13.6 Å². The summed E-state index contributed by atoms with van der Waals surface area (Å²) in [4.78, 5) is 16.6. The van der Waals surface area contributed by atoms with E-state index in [-0.39, 0.29) is 17.5 Å². The standard InChI is InChI=1S/C18H25F2N3O/c1-3-22-9-11-23(12-10-22)14(2)13-21-18(24)8-7-15-16(19)5-4-6-17(15)20/h4-8,14H,3,9-13H2,1-2H3,(H,21,24). The van der Waals surface area contributed by atoms with Crippen LogP contribution in [-0.4, -0.2) is 61.0 Å². The number of halogens is 2. The summed E-state index contributed by atoms with van der Waals surface area (Å²) in [5, 5.41) is 2.79. The summed E-state index contributed by atoms with van der Waals surface area (Å²) >= 11 is 0. The molecule has 1 heterocycles. The highest BCUT2D eigenvalue weighted by molar-refractivity contribution is 5.91. The largest absolute Gasteiger partial charge is 0.351 e. The van der Waals surface area contributed by atoms with Gasteiger partial charge in [-0.15, -0.1) is 0 Å². The summed E-state index contributed by atoms with van der Waals surface area (Å²) in [5.74, 6) is -1.71. The molecule has 1 fully saturated rings. The minimum Gasteiger partial charge on any atom is -0.351 e. The number of hydrogen-bond acceptors (Lipinski definition) is 3. The van der Waals surface area contributed by atoms with Crippen molar-refractivity contribution in [1.82, 2.24) is 15.1 Å². The van der Waals surface area contributed by atoms with Crippen LogP contribution >= 0.6 is 0 Å². The zero-order chi connectivity index (χ0) is 17.5. The van der Waals surface area contributed by atoms with E-state index >= 15 is 0 Å². The number of piperazine rings is 1. The van der Waals surface area contributed by atoms with Gasteiger partial charge in [0.15, 0.2) is 0 Å². The van der Waals surface area contributed by atoms with E-state index in [1.54, 1.807) is 0 Å². The van der Waals surface area contributed by atoms with Crippen molar-refractivity contribution in [2.24, 2.45) is 0 Å². The fraction of sp³-hybridized carbons (Fsp3) is 0.500. The Bertz CT molecular complexity index is 563. The molecule has 2 rings (SSSR count). The number of nitrogens with one attached hydrogen (secondary N) is 1. The Morgan fingerprint density at radius 1 is 1.25 bits per heavy atom. The zero-order valence-corrected chi connectivity index (χ0v) is 14.3. The molecule has 1 atom stereocenters. The van der Waals surface area contributed by atoms with Gasteiger partial charge in [-0.05, 0) is 31.7 Å². The molecule has 0 aromatic heterocycles. The number of rotatable bonds is 6. The Hall–Kier alpha value is -1.79. The minimum absolute atomic E-state index is 0.198. The fourth-order valence-electron chi connectivity index (χ4n) is 2.79. The fourth-order valence-corrected chi connectivity index (χ4v) is 2.79. The Morgan fingerprint density at radius 3 is 2.46 bits per heavy atom. The second-order valence-corrected chi connectivity index (χ2v) is 6.03. The van der Waals surface area contributed by atoms with Crippen LogP contribution < -0.4 is 5.32 Å². The van der Waals surface area contributed by atoms with Gasteiger partial charge >= 0.3 is 0 Å². The number of likely N-dealkylation sites (N-methyl/N-ethyl adjacent to an activating group) is 1. The Kier molecular flexibility index (Phi) is 6.87.